The monoisotopic (exact) mass is 761 g/mol. The molecule has 8 amide bonds. The zero-order valence-corrected chi connectivity index (χ0v) is 30.3. The summed E-state index contributed by atoms with van der Waals surface area (Å²) in [5, 5.41) is 36.7. The second-order valence-electron chi connectivity index (χ2n) is 13.0. The second-order valence-corrected chi connectivity index (χ2v) is 13.0. The fourth-order valence-corrected chi connectivity index (χ4v) is 5.37. The zero-order valence-electron chi connectivity index (χ0n) is 30.3. The van der Waals surface area contributed by atoms with Crippen molar-refractivity contribution < 1.29 is 53.4 Å². The number of primary amides is 2. The fourth-order valence-electron chi connectivity index (χ4n) is 5.37. The van der Waals surface area contributed by atoms with E-state index in [-0.39, 0.29) is 37.9 Å². The maximum atomic E-state index is 13.7. The topological polar surface area (TPSA) is 330 Å². The van der Waals surface area contributed by atoms with E-state index in [0.717, 1.165) is 6.42 Å². The summed E-state index contributed by atoms with van der Waals surface area (Å²) in [7, 11) is 0. The quantitative estimate of drug-likeness (QED) is 0.0518. The number of carboxylic acid groups (broad SMARTS) is 1. The van der Waals surface area contributed by atoms with Crippen LogP contribution in [-0.2, 0) is 49.6 Å². The van der Waals surface area contributed by atoms with Gasteiger partial charge in [0.15, 0.2) is 0 Å². The van der Waals surface area contributed by atoms with Crippen LogP contribution >= 0.6 is 0 Å². The van der Waals surface area contributed by atoms with Gasteiger partial charge in [0.2, 0.25) is 47.3 Å². The number of aromatic hydroxyl groups is 1. The molecule has 0 aromatic heterocycles. The second kappa shape index (κ2) is 22.3. The summed E-state index contributed by atoms with van der Waals surface area (Å²) in [6, 6.07) is 0.0782. The summed E-state index contributed by atoms with van der Waals surface area (Å²) in [5.74, 6) is -7.89. The normalized spacial score (nSPS) is 16.3. The van der Waals surface area contributed by atoms with Gasteiger partial charge in [-0.1, -0.05) is 32.4 Å². The molecule has 0 radical (unpaired) electrons. The highest BCUT2D eigenvalue weighted by Gasteiger charge is 2.32. The molecule has 0 aliphatic carbocycles. The van der Waals surface area contributed by atoms with Crippen LogP contribution in [0, 0.1) is 5.92 Å². The molecule has 298 valence electrons. The van der Waals surface area contributed by atoms with Crippen molar-refractivity contribution in [1.82, 2.24) is 37.2 Å². The first-order valence-electron chi connectivity index (χ1n) is 17.6. The van der Waals surface area contributed by atoms with Gasteiger partial charge in [-0.25, -0.2) is 4.79 Å². The van der Waals surface area contributed by atoms with E-state index in [9.17, 15) is 53.4 Å². The van der Waals surface area contributed by atoms with E-state index in [4.69, 9.17) is 11.5 Å². The first kappa shape index (κ1) is 44.4. The molecule has 1 heterocycles. The minimum Gasteiger partial charge on any atom is -0.508 e. The Balaban J connectivity index is 2.13. The molecule has 20 nitrogen and oxygen atoms in total. The van der Waals surface area contributed by atoms with E-state index in [1.165, 1.54) is 24.3 Å². The lowest BCUT2D eigenvalue weighted by Gasteiger charge is -2.27. The van der Waals surface area contributed by atoms with Gasteiger partial charge in [0, 0.05) is 19.3 Å². The van der Waals surface area contributed by atoms with E-state index >= 15 is 0 Å². The van der Waals surface area contributed by atoms with E-state index in [1.54, 1.807) is 13.8 Å². The molecular weight excluding hydrogens is 710 g/mol. The predicted octanol–water partition coefficient (Wildman–Crippen LogP) is -3.48. The number of nitrogens with one attached hydrogen (secondary N) is 7. The Bertz CT molecular complexity index is 1520. The molecule has 0 saturated carbocycles. The average molecular weight is 762 g/mol. The van der Waals surface area contributed by atoms with Crippen LogP contribution in [-0.4, -0.2) is 113 Å². The smallest absolute Gasteiger partial charge is 0.326 e. The van der Waals surface area contributed by atoms with Gasteiger partial charge in [0.1, 0.15) is 29.9 Å². The Labute approximate surface area is 311 Å². The standard InChI is InChI=1S/C34H51N9O11/c1-3-18(2)29(43-28(48)17-38-30(49)22(10-12-25(35)45)41-32(51)21-5-4-14-37-21)33(52)42-24(15-19-6-8-20(44)9-7-19)31(50)39-16-27(47)40-23(34(53)54)11-13-26(36)46/h6-9,18,21-24,29,37,44H,3-5,10-17H2,1-2H3,(H2,35,45)(H2,36,46)(H,38,49)(H,39,50)(H,40,47)(H,41,51)(H,42,52)(H,43,48)(H,53,54). The summed E-state index contributed by atoms with van der Waals surface area (Å²) < 4.78 is 0. The van der Waals surface area contributed by atoms with Crippen molar-refractivity contribution in [2.24, 2.45) is 17.4 Å². The SMILES string of the molecule is CCC(C)C(NC(=O)CNC(=O)C(CCC(N)=O)NC(=O)C1CCCN1)C(=O)NC(Cc1ccc(O)cc1)C(=O)NCC(=O)NC(CCC(N)=O)C(=O)O. The van der Waals surface area contributed by atoms with Crippen LogP contribution in [0.25, 0.3) is 0 Å². The first-order chi connectivity index (χ1) is 25.5. The van der Waals surface area contributed by atoms with Crippen molar-refractivity contribution in [3.63, 3.8) is 0 Å². The molecule has 0 bridgehead atoms. The van der Waals surface area contributed by atoms with Crippen molar-refractivity contribution in [3.8, 4) is 5.75 Å². The van der Waals surface area contributed by atoms with E-state index in [2.05, 4.69) is 37.2 Å². The summed E-state index contributed by atoms with van der Waals surface area (Å²) in [5.41, 5.74) is 10.8. The Morgan fingerprint density at radius 2 is 1.33 bits per heavy atom. The number of phenolic OH excluding ortho intramolecular Hbond substituents is 1. The molecule has 1 aromatic rings. The molecule has 6 atom stereocenters. The van der Waals surface area contributed by atoms with E-state index < -0.39 is 102 Å². The summed E-state index contributed by atoms with van der Waals surface area (Å²) in [6.07, 6.45) is 0.717. The largest absolute Gasteiger partial charge is 0.508 e. The van der Waals surface area contributed by atoms with Crippen LogP contribution in [0.2, 0.25) is 0 Å². The van der Waals surface area contributed by atoms with Crippen LogP contribution in [0.15, 0.2) is 24.3 Å². The Hall–Kier alpha value is -5.79. The molecule has 2 rings (SSSR count). The van der Waals surface area contributed by atoms with Crippen molar-refractivity contribution in [1.29, 1.82) is 0 Å². The number of amides is 8. The number of nitrogens with two attached hydrogens (primary N) is 2. The highest BCUT2D eigenvalue weighted by molar-refractivity contribution is 5.96. The van der Waals surface area contributed by atoms with Gasteiger partial charge in [0.05, 0.1) is 19.1 Å². The third-order valence-corrected chi connectivity index (χ3v) is 8.67. The molecule has 1 aliphatic heterocycles. The van der Waals surface area contributed by atoms with Crippen LogP contribution in [0.5, 0.6) is 5.75 Å². The number of carbonyl (C=O) groups is 9. The third kappa shape index (κ3) is 15.8. The molecule has 1 saturated heterocycles. The number of benzene rings is 1. The number of hydrogen-bond donors (Lipinski definition) is 11. The third-order valence-electron chi connectivity index (χ3n) is 8.67. The maximum absolute atomic E-state index is 13.7. The number of carbonyl (C=O) groups excluding carboxylic acids is 8. The van der Waals surface area contributed by atoms with Gasteiger partial charge in [-0.3, -0.25) is 38.4 Å². The van der Waals surface area contributed by atoms with E-state index in [1.807, 2.05) is 0 Å². The van der Waals surface area contributed by atoms with Crippen molar-refractivity contribution >= 4 is 53.2 Å². The lowest BCUT2D eigenvalue weighted by atomic mass is 9.97. The molecule has 1 fully saturated rings. The van der Waals surface area contributed by atoms with Crippen LogP contribution in [0.4, 0.5) is 0 Å². The van der Waals surface area contributed by atoms with Crippen molar-refractivity contribution in [2.45, 2.75) is 95.4 Å². The van der Waals surface area contributed by atoms with Gasteiger partial charge in [-0.2, -0.15) is 0 Å². The number of carboxylic acids is 1. The Kier molecular flexibility index (Phi) is 18.3. The van der Waals surface area contributed by atoms with Gasteiger partial charge >= 0.3 is 5.97 Å². The molecular formula is C34H51N9O11. The average Bonchev–Trinajstić information content (AvgIpc) is 3.67. The molecule has 6 unspecified atom stereocenters. The van der Waals surface area contributed by atoms with Gasteiger partial charge in [-0.05, 0) is 55.8 Å². The predicted molar refractivity (Wildman–Crippen MR) is 191 cm³/mol. The summed E-state index contributed by atoms with van der Waals surface area (Å²) in [6.45, 7) is 2.77. The molecule has 1 aromatic carbocycles. The number of hydrogen-bond acceptors (Lipinski definition) is 11. The summed E-state index contributed by atoms with van der Waals surface area (Å²) >= 11 is 0. The maximum Gasteiger partial charge on any atom is 0.326 e. The van der Waals surface area contributed by atoms with Gasteiger partial charge < -0.3 is 58.9 Å². The van der Waals surface area contributed by atoms with Crippen LogP contribution in [0.1, 0.15) is 64.4 Å². The number of aliphatic carboxylic acids is 1. The van der Waals surface area contributed by atoms with Gasteiger partial charge in [-0.15, -0.1) is 0 Å². The van der Waals surface area contributed by atoms with Crippen LogP contribution in [0.3, 0.4) is 0 Å². The highest BCUT2D eigenvalue weighted by atomic mass is 16.4. The molecule has 1 aliphatic rings. The highest BCUT2D eigenvalue weighted by Crippen LogP contribution is 2.13. The zero-order chi connectivity index (χ0) is 40.4. The number of rotatable bonds is 23. The first-order valence-corrected chi connectivity index (χ1v) is 17.6. The van der Waals surface area contributed by atoms with Crippen LogP contribution < -0.4 is 48.7 Å². The molecule has 0 spiro atoms. The molecule has 54 heavy (non-hydrogen) atoms. The Morgan fingerprint density at radius 3 is 1.85 bits per heavy atom. The number of phenols is 1. The van der Waals surface area contributed by atoms with E-state index in [0.29, 0.717) is 24.9 Å². The fraction of sp³-hybridized carbons (Fsp3) is 0.559. The van der Waals surface area contributed by atoms with Crippen molar-refractivity contribution in [3.05, 3.63) is 29.8 Å². The Morgan fingerprint density at radius 1 is 0.778 bits per heavy atom. The lowest BCUT2D eigenvalue weighted by molar-refractivity contribution is -0.142. The molecule has 20 heteroatoms. The minimum absolute atomic E-state index is 0.0520. The van der Waals surface area contributed by atoms with Gasteiger partial charge in [0.25, 0.3) is 0 Å². The molecule has 13 N–H and O–H groups in total. The lowest BCUT2D eigenvalue weighted by Crippen LogP contribution is -2.58. The summed E-state index contributed by atoms with van der Waals surface area (Å²) in [4.78, 5) is 112. The minimum atomic E-state index is -1.45. The van der Waals surface area contributed by atoms with Crippen molar-refractivity contribution in [2.75, 3.05) is 19.6 Å².